The summed E-state index contributed by atoms with van der Waals surface area (Å²) in [6.07, 6.45) is 3.42. The molecule has 0 radical (unpaired) electrons. The molecule has 0 atom stereocenters. The second-order valence-corrected chi connectivity index (χ2v) is 7.90. The zero-order valence-corrected chi connectivity index (χ0v) is 13.9. The van der Waals surface area contributed by atoms with Crippen molar-refractivity contribution in [2.75, 3.05) is 26.2 Å². The molecule has 20 heavy (non-hydrogen) atoms. The van der Waals surface area contributed by atoms with E-state index in [1.165, 1.54) is 12.8 Å². The van der Waals surface area contributed by atoms with E-state index >= 15 is 0 Å². The Kier molecular flexibility index (Phi) is 6.01. The van der Waals surface area contributed by atoms with Gasteiger partial charge in [0, 0.05) is 11.0 Å². The predicted octanol–water partition coefficient (Wildman–Crippen LogP) is 2.35. The zero-order chi connectivity index (χ0) is 14.4. The summed E-state index contributed by atoms with van der Waals surface area (Å²) >= 11 is 3.34. The molecule has 1 aliphatic heterocycles. The first-order chi connectivity index (χ1) is 9.55. The molecule has 0 saturated carbocycles. The number of benzene rings is 1. The van der Waals surface area contributed by atoms with Crippen LogP contribution < -0.4 is 4.72 Å². The average Bonchev–Trinajstić information content (AvgIpc) is 2.90. The van der Waals surface area contributed by atoms with Crippen LogP contribution in [0.3, 0.4) is 0 Å². The van der Waals surface area contributed by atoms with Crippen molar-refractivity contribution in [2.45, 2.75) is 25.0 Å². The molecule has 0 aliphatic carbocycles. The van der Waals surface area contributed by atoms with E-state index < -0.39 is 10.0 Å². The molecule has 1 saturated heterocycles. The molecule has 1 aromatic rings. The standard InChI is InChI=1S/C14H21BrN2O2S/c15-14-6-4-13(5-7-14)12-20(18,19)16-8-3-11-17-9-1-2-10-17/h4-7,16H,1-3,8-12H2. The fraction of sp³-hybridized carbons (Fsp3) is 0.571. The Morgan fingerprint density at radius 2 is 1.80 bits per heavy atom. The van der Waals surface area contributed by atoms with E-state index in [0.29, 0.717) is 6.54 Å². The van der Waals surface area contributed by atoms with Gasteiger partial charge in [-0.1, -0.05) is 28.1 Å². The third kappa shape index (κ3) is 5.52. The van der Waals surface area contributed by atoms with E-state index in [0.717, 1.165) is 36.1 Å². The van der Waals surface area contributed by atoms with Gasteiger partial charge in [-0.2, -0.15) is 0 Å². The van der Waals surface area contributed by atoms with Gasteiger partial charge in [-0.15, -0.1) is 0 Å². The van der Waals surface area contributed by atoms with Gasteiger partial charge in [0.15, 0.2) is 0 Å². The maximum Gasteiger partial charge on any atom is 0.215 e. The number of nitrogens with one attached hydrogen (secondary N) is 1. The van der Waals surface area contributed by atoms with Crippen LogP contribution >= 0.6 is 15.9 Å². The molecular weight excluding hydrogens is 340 g/mol. The van der Waals surface area contributed by atoms with Crippen LogP contribution in [-0.2, 0) is 15.8 Å². The lowest BCUT2D eigenvalue weighted by Crippen LogP contribution is -2.29. The molecule has 112 valence electrons. The molecule has 4 nitrogen and oxygen atoms in total. The van der Waals surface area contributed by atoms with Crippen LogP contribution in [0.2, 0.25) is 0 Å². The van der Waals surface area contributed by atoms with Crippen molar-refractivity contribution in [1.29, 1.82) is 0 Å². The predicted molar refractivity (Wildman–Crippen MR) is 85.1 cm³/mol. The Morgan fingerprint density at radius 1 is 1.15 bits per heavy atom. The van der Waals surface area contributed by atoms with Gasteiger partial charge in [-0.25, -0.2) is 13.1 Å². The third-order valence-electron chi connectivity index (χ3n) is 3.44. The van der Waals surface area contributed by atoms with Gasteiger partial charge < -0.3 is 4.90 Å². The highest BCUT2D eigenvalue weighted by Crippen LogP contribution is 2.12. The minimum Gasteiger partial charge on any atom is -0.303 e. The molecule has 0 unspecified atom stereocenters. The Labute approximate surface area is 129 Å². The second kappa shape index (κ2) is 7.54. The Morgan fingerprint density at radius 3 is 2.45 bits per heavy atom. The van der Waals surface area contributed by atoms with Gasteiger partial charge in [0.1, 0.15) is 0 Å². The SMILES string of the molecule is O=S(=O)(Cc1ccc(Br)cc1)NCCCN1CCCC1. The second-order valence-electron chi connectivity index (χ2n) is 5.18. The van der Waals surface area contributed by atoms with Gasteiger partial charge in [-0.3, -0.25) is 0 Å². The van der Waals surface area contributed by atoms with Crippen LogP contribution in [0.4, 0.5) is 0 Å². The smallest absolute Gasteiger partial charge is 0.215 e. The maximum atomic E-state index is 11.9. The summed E-state index contributed by atoms with van der Waals surface area (Å²) < 4.78 is 27.5. The largest absolute Gasteiger partial charge is 0.303 e. The Bertz CT molecular complexity index is 510. The van der Waals surface area contributed by atoms with Crippen molar-refractivity contribution in [3.63, 3.8) is 0 Å². The van der Waals surface area contributed by atoms with E-state index in [9.17, 15) is 8.42 Å². The van der Waals surface area contributed by atoms with Crippen LogP contribution in [0.5, 0.6) is 0 Å². The maximum absolute atomic E-state index is 11.9. The van der Waals surface area contributed by atoms with Crippen molar-refractivity contribution >= 4 is 26.0 Å². The summed E-state index contributed by atoms with van der Waals surface area (Å²) in [4.78, 5) is 2.39. The minimum atomic E-state index is -3.23. The minimum absolute atomic E-state index is 0.0456. The van der Waals surface area contributed by atoms with Gasteiger partial charge in [0.2, 0.25) is 10.0 Å². The quantitative estimate of drug-likeness (QED) is 0.759. The first kappa shape index (κ1) is 15.9. The first-order valence-electron chi connectivity index (χ1n) is 6.99. The summed E-state index contributed by atoms with van der Waals surface area (Å²) in [5.74, 6) is 0.0456. The lowest BCUT2D eigenvalue weighted by atomic mass is 10.2. The number of rotatable bonds is 7. The number of hydrogen-bond donors (Lipinski definition) is 1. The van der Waals surface area contributed by atoms with E-state index in [2.05, 4.69) is 25.6 Å². The number of likely N-dealkylation sites (tertiary alicyclic amines) is 1. The van der Waals surface area contributed by atoms with E-state index in [-0.39, 0.29) is 5.75 Å². The van der Waals surface area contributed by atoms with Crippen molar-refractivity contribution < 1.29 is 8.42 Å². The molecule has 1 fully saturated rings. The molecule has 0 spiro atoms. The monoisotopic (exact) mass is 360 g/mol. The Hall–Kier alpha value is -0.430. The van der Waals surface area contributed by atoms with Crippen molar-refractivity contribution in [3.05, 3.63) is 34.3 Å². The summed E-state index contributed by atoms with van der Waals surface area (Å²) in [7, 11) is -3.23. The van der Waals surface area contributed by atoms with Gasteiger partial charge in [-0.05, 0) is 56.6 Å². The fourth-order valence-electron chi connectivity index (χ4n) is 2.39. The lowest BCUT2D eigenvalue weighted by molar-refractivity contribution is 0.334. The molecule has 1 heterocycles. The van der Waals surface area contributed by atoms with Crippen LogP contribution in [0.25, 0.3) is 0 Å². The topological polar surface area (TPSA) is 49.4 Å². The van der Waals surface area contributed by atoms with Crippen molar-refractivity contribution in [3.8, 4) is 0 Å². The molecule has 1 aliphatic rings. The molecule has 0 bridgehead atoms. The first-order valence-corrected chi connectivity index (χ1v) is 9.44. The van der Waals surface area contributed by atoms with Gasteiger partial charge in [0.25, 0.3) is 0 Å². The Balaban J connectivity index is 1.71. The number of sulfonamides is 1. The van der Waals surface area contributed by atoms with Crippen LogP contribution in [0.1, 0.15) is 24.8 Å². The molecule has 0 amide bonds. The molecule has 1 aromatic carbocycles. The summed E-state index contributed by atoms with van der Waals surface area (Å²) in [5, 5.41) is 0. The fourth-order valence-corrected chi connectivity index (χ4v) is 3.84. The van der Waals surface area contributed by atoms with Gasteiger partial charge in [0.05, 0.1) is 5.75 Å². The number of hydrogen-bond acceptors (Lipinski definition) is 3. The van der Waals surface area contributed by atoms with Crippen LogP contribution in [-0.4, -0.2) is 39.5 Å². The molecule has 2 rings (SSSR count). The van der Waals surface area contributed by atoms with E-state index in [1.807, 2.05) is 24.3 Å². The van der Waals surface area contributed by atoms with E-state index in [4.69, 9.17) is 0 Å². The van der Waals surface area contributed by atoms with Crippen molar-refractivity contribution in [2.24, 2.45) is 0 Å². The number of nitrogens with zero attached hydrogens (tertiary/aromatic N) is 1. The third-order valence-corrected chi connectivity index (χ3v) is 5.33. The highest BCUT2D eigenvalue weighted by atomic mass is 79.9. The van der Waals surface area contributed by atoms with Gasteiger partial charge >= 0.3 is 0 Å². The van der Waals surface area contributed by atoms with Crippen LogP contribution in [0, 0.1) is 0 Å². The summed E-state index contributed by atoms with van der Waals surface area (Å²) in [6, 6.07) is 7.37. The normalized spacial score (nSPS) is 16.6. The zero-order valence-electron chi connectivity index (χ0n) is 11.5. The molecule has 0 aromatic heterocycles. The summed E-state index contributed by atoms with van der Waals surface area (Å²) in [5.41, 5.74) is 0.806. The molecular formula is C14H21BrN2O2S. The number of halogens is 1. The highest BCUT2D eigenvalue weighted by molar-refractivity contribution is 9.10. The summed E-state index contributed by atoms with van der Waals surface area (Å²) in [6.45, 7) is 3.83. The van der Waals surface area contributed by atoms with Crippen LogP contribution in [0.15, 0.2) is 28.7 Å². The average molecular weight is 361 g/mol. The lowest BCUT2D eigenvalue weighted by Gasteiger charge is -2.14. The van der Waals surface area contributed by atoms with E-state index in [1.54, 1.807) is 0 Å². The molecule has 1 N–H and O–H groups in total. The molecule has 6 heteroatoms. The van der Waals surface area contributed by atoms with Crippen molar-refractivity contribution in [1.82, 2.24) is 9.62 Å². The highest BCUT2D eigenvalue weighted by Gasteiger charge is 2.13.